The Kier molecular flexibility index (Phi) is 5.36. The Morgan fingerprint density at radius 1 is 1.44 bits per heavy atom. The third-order valence-corrected chi connectivity index (χ3v) is 2.01. The van der Waals surface area contributed by atoms with Gasteiger partial charge in [-0.1, -0.05) is 6.58 Å². The molecule has 0 spiro atoms. The highest BCUT2D eigenvalue weighted by molar-refractivity contribution is 5.28. The topological polar surface area (TPSA) is 41.5 Å². The zero-order valence-corrected chi connectivity index (χ0v) is 9.08. The number of benzene rings is 1. The smallest absolute Gasteiger partial charge is 0.127 e. The molecule has 2 N–H and O–H groups in total. The number of hydrogen-bond acceptors (Lipinski definition) is 3. The Balaban J connectivity index is 2.23. The zero-order valence-electron chi connectivity index (χ0n) is 9.08. The Morgan fingerprint density at radius 2 is 2.25 bits per heavy atom. The average molecular weight is 225 g/mol. The molecule has 0 atom stereocenters. The van der Waals surface area contributed by atoms with E-state index in [1.807, 2.05) is 0 Å². The van der Waals surface area contributed by atoms with Gasteiger partial charge < -0.3 is 15.2 Å². The van der Waals surface area contributed by atoms with E-state index in [0.29, 0.717) is 13.2 Å². The van der Waals surface area contributed by atoms with Gasteiger partial charge in [-0.15, -0.1) is 0 Å². The highest BCUT2D eigenvalue weighted by atomic mass is 19.1. The number of ether oxygens (including phenoxy) is 1. The minimum Gasteiger partial charge on any atom is -0.508 e. The molecule has 1 aromatic carbocycles. The molecule has 88 valence electrons. The van der Waals surface area contributed by atoms with Gasteiger partial charge in [0.25, 0.3) is 0 Å². The van der Waals surface area contributed by atoms with E-state index in [1.54, 1.807) is 0 Å². The quantitative estimate of drug-likeness (QED) is 0.552. The van der Waals surface area contributed by atoms with Gasteiger partial charge in [-0.2, -0.15) is 0 Å². The van der Waals surface area contributed by atoms with Crippen molar-refractivity contribution in [3.05, 3.63) is 42.4 Å². The molecule has 0 amide bonds. The van der Waals surface area contributed by atoms with E-state index in [0.717, 1.165) is 24.6 Å². The SMILES string of the molecule is C=COCCCNCc1cc(O)cc(F)c1. The van der Waals surface area contributed by atoms with Crippen LogP contribution in [0.3, 0.4) is 0 Å². The number of phenolic OH excluding ortho intramolecular Hbond substituents is 1. The highest BCUT2D eigenvalue weighted by Gasteiger charge is 1.99. The van der Waals surface area contributed by atoms with Crippen LogP contribution in [0.4, 0.5) is 4.39 Å². The van der Waals surface area contributed by atoms with Gasteiger partial charge >= 0.3 is 0 Å². The van der Waals surface area contributed by atoms with Crippen LogP contribution in [0.25, 0.3) is 0 Å². The summed E-state index contributed by atoms with van der Waals surface area (Å²) in [4.78, 5) is 0. The molecule has 0 radical (unpaired) electrons. The van der Waals surface area contributed by atoms with E-state index >= 15 is 0 Å². The van der Waals surface area contributed by atoms with Gasteiger partial charge in [-0.05, 0) is 30.7 Å². The van der Waals surface area contributed by atoms with Crippen molar-refractivity contribution in [3.8, 4) is 5.75 Å². The Morgan fingerprint density at radius 3 is 2.94 bits per heavy atom. The van der Waals surface area contributed by atoms with Crippen LogP contribution in [0, 0.1) is 5.82 Å². The van der Waals surface area contributed by atoms with Crippen LogP contribution in [-0.4, -0.2) is 18.3 Å². The fraction of sp³-hybridized carbons (Fsp3) is 0.333. The summed E-state index contributed by atoms with van der Waals surface area (Å²) in [5.74, 6) is -0.474. The van der Waals surface area contributed by atoms with Crippen LogP contribution in [0.2, 0.25) is 0 Å². The summed E-state index contributed by atoms with van der Waals surface area (Å²) >= 11 is 0. The number of rotatable bonds is 7. The van der Waals surface area contributed by atoms with Gasteiger partial charge in [0, 0.05) is 12.6 Å². The second kappa shape index (κ2) is 6.85. The Bertz CT molecular complexity index is 322. The predicted molar refractivity (Wildman–Crippen MR) is 60.5 cm³/mol. The molecule has 4 heteroatoms. The van der Waals surface area contributed by atoms with Crippen molar-refractivity contribution in [1.82, 2.24) is 5.32 Å². The van der Waals surface area contributed by atoms with Crippen molar-refractivity contribution in [1.29, 1.82) is 0 Å². The first-order chi connectivity index (χ1) is 7.72. The second-order valence-corrected chi connectivity index (χ2v) is 3.39. The molecule has 3 nitrogen and oxygen atoms in total. The summed E-state index contributed by atoms with van der Waals surface area (Å²) in [6.07, 6.45) is 2.26. The Labute approximate surface area is 94.6 Å². The number of halogens is 1. The van der Waals surface area contributed by atoms with Crippen molar-refractivity contribution in [3.63, 3.8) is 0 Å². The van der Waals surface area contributed by atoms with Crippen LogP contribution in [0.5, 0.6) is 5.75 Å². The van der Waals surface area contributed by atoms with Crippen LogP contribution < -0.4 is 5.32 Å². The number of aromatic hydroxyl groups is 1. The molecule has 0 aliphatic heterocycles. The summed E-state index contributed by atoms with van der Waals surface area (Å²) in [5, 5.41) is 12.3. The van der Waals surface area contributed by atoms with E-state index < -0.39 is 5.82 Å². The van der Waals surface area contributed by atoms with Gasteiger partial charge in [0.1, 0.15) is 11.6 Å². The van der Waals surface area contributed by atoms with Gasteiger partial charge in [-0.3, -0.25) is 0 Å². The van der Waals surface area contributed by atoms with E-state index in [2.05, 4.69) is 11.9 Å². The van der Waals surface area contributed by atoms with Crippen molar-refractivity contribution in [2.45, 2.75) is 13.0 Å². The van der Waals surface area contributed by atoms with Gasteiger partial charge in [0.05, 0.1) is 12.9 Å². The first kappa shape index (κ1) is 12.5. The van der Waals surface area contributed by atoms with Crippen LogP contribution >= 0.6 is 0 Å². The number of nitrogens with one attached hydrogen (secondary N) is 1. The maximum Gasteiger partial charge on any atom is 0.127 e. The molecule has 0 heterocycles. The third kappa shape index (κ3) is 4.79. The van der Waals surface area contributed by atoms with Gasteiger partial charge in [0.2, 0.25) is 0 Å². The lowest BCUT2D eigenvalue weighted by atomic mass is 10.2. The molecule has 0 aliphatic rings. The van der Waals surface area contributed by atoms with E-state index in [4.69, 9.17) is 9.84 Å². The first-order valence-corrected chi connectivity index (χ1v) is 5.14. The molecule has 0 bridgehead atoms. The van der Waals surface area contributed by atoms with E-state index in [-0.39, 0.29) is 5.75 Å². The molecular formula is C12H16FNO2. The standard InChI is InChI=1S/C12H16FNO2/c1-2-16-5-3-4-14-9-10-6-11(13)8-12(15)7-10/h2,6-8,14-15H,1,3-5,9H2. The third-order valence-electron chi connectivity index (χ3n) is 2.01. The first-order valence-electron chi connectivity index (χ1n) is 5.14. The lowest BCUT2D eigenvalue weighted by Crippen LogP contribution is -2.16. The number of phenols is 1. The van der Waals surface area contributed by atoms with Gasteiger partial charge in [-0.25, -0.2) is 4.39 Å². The molecule has 0 aliphatic carbocycles. The predicted octanol–water partition coefficient (Wildman–Crippen LogP) is 2.17. The lowest BCUT2D eigenvalue weighted by Gasteiger charge is -2.05. The van der Waals surface area contributed by atoms with Crippen LogP contribution in [-0.2, 0) is 11.3 Å². The van der Waals surface area contributed by atoms with Gasteiger partial charge in [0.15, 0.2) is 0 Å². The highest BCUT2D eigenvalue weighted by Crippen LogP contribution is 2.14. The summed E-state index contributed by atoms with van der Waals surface area (Å²) in [6.45, 7) is 5.35. The average Bonchev–Trinajstić information content (AvgIpc) is 2.22. The number of hydrogen-bond donors (Lipinski definition) is 2. The van der Waals surface area contributed by atoms with Crippen molar-refractivity contribution in [2.24, 2.45) is 0 Å². The van der Waals surface area contributed by atoms with Crippen molar-refractivity contribution in [2.75, 3.05) is 13.2 Å². The molecule has 0 saturated heterocycles. The summed E-state index contributed by atoms with van der Waals surface area (Å²) in [6, 6.07) is 4.02. The zero-order chi connectivity index (χ0) is 11.8. The molecular weight excluding hydrogens is 209 g/mol. The lowest BCUT2D eigenvalue weighted by molar-refractivity contribution is 0.244. The molecule has 0 unspecified atom stereocenters. The monoisotopic (exact) mass is 225 g/mol. The maximum absolute atomic E-state index is 12.9. The van der Waals surface area contributed by atoms with Crippen LogP contribution in [0.1, 0.15) is 12.0 Å². The summed E-state index contributed by atoms with van der Waals surface area (Å²) in [7, 11) is 0. The molecule has 1 rings (SSSR count). The normalized spacial score (nSPS) is 10.1. The largest absolute Gasteiger partial charge is 0.508 e. The Hall–Kier alpha value is -1.55. The molecule has 1 aromatic rings. The molecule has 0 saturated carbocycles. The fourth-order valence-electron chi connectivity index (χ4n) is 1.33. The van der Waals surface area contributed by atoms with E-state index in [1.165, 1.54) is 18.4 Å². The second-order valence-electron chi connectivity index (χ2n) is 3.39. The maximum atomic E-state index is 12.9. The molecule has 0 fully saturated rings. The van der Waals surface area contributed by atoms with E-state index in [9.17, 15) is 4.39 Å². The molecule has 0 aromatic heterocycles. The fourth-order valence-corrected chi connectivity index (χ4v) is 1.33. The minimum atomic E-state index is -0.424. The van der Waals surface area contributed by atoms with Crippen LogP contribution in [0.15, 0.2) is 31.0 Å². The van der Waals surface area contributed by atoms with Crippen molar-refractivity contribution >= 4 is 0 Å². The summed E-state index contributed by atoms with van der Waals surface area (Å²) in [5.41, 5.74) is 0.724. The summed E-state index contributed by atoms with van der Waals surface area (Å²) < 4.78 is 17.8. The minimum absolute atomic E-state index is 0.0493. The van der Waals surface area contributed by atoms with Crippen molar-refractivity contribution < 1.29 is 14.2 Å². The molecule has 16 heavy (non-hydrogen) atoms.